The molecule has 8 nitrogen and oxygen atoms in total. The van der Waals surface area contributed by atoms with Gasteiger partial charge < -0.3 is 19.3 Å². The number of aliphatic carboxylic acids is 1. The number of methoxy groups -OCH3 is 2. The highest BCUT2D eigenvalue weighted by Gasteiger charge is 2.56. The predicted molar refractivity (Wildman–Crippen MR) is 99.3 cm³/mol. The van der Waals surface area contributed by atoms with Gasteiger partial charge in [-0.3, -0.25) is 9.69 Å². The van der Waals surface area contributed by atoms with E-state index in [-0.39, 0.29) is 12.5 Å². The number of benzene rings is 1. The van der Waals surface area contributed by atoms with Gasteiger partial charge in [-0.1, -0.05) is 6.07 Å². The van der Waals surface area contributed by atoms with Crippen LogP contribution in [0.25, 0.3) is 0 Å². The average molecular weight is 385 g/mol. The molecule has 1 saturated heterocycles. The fourth-order valence-electron chi connectivity index (χ4n) is 4.13. The van der Waals surface area contributed by atoms with Crippen molar-refractivity contribution in [3.8, 4) is 11.5 Å². The lowest BCUT2D eigenvalue weighted by Gasteiger charge is -2.36. The Labute approximate surface area is 163 Å². The van der Waals surface area contributed by atoms with Crippen molar-refractivity contribution in [2.45, 2.75) is 19.1 Å². The lowest BCUT2D eigenvalue weighted by atomic mass is 9.73. The molecule has 8 heteroatoms. The van der Waals surface area contributed by atoms with E-state index in [0.717, 1.165) is 11.1 Å². The Morgan fingerprint density at radius 2 is 2.14 bits per heavy atom. The number of hydrogen-bond acceptors (Lipinski definition) is 7. The number of rotatable bonds is 6. The standard InChI is InChI=1S/C20H23N3O5/c1-26-10-18-21-6-13(7-22-18)8-23-9-16-15-4-3-14(27-2)5-17(15)28-12-20(16,11-23)19(24)25/h3-7,16H,8-12H2,1-2H3,(H,24,25)/t16-,20-/m1/s1. The van der Waals surface area contributed by atoms with Crippen LogP contribution in [0.4, 0.5) is 0 Å². The van der Waals surface area contributed by atoms with Crippen LogP contribution in [0.5, 0.6) is 11.5 Å². The molecule has 28 heavy (non-hydrogen) atoms. The fourth-order valence-corrected chi connectivity index (χ4v) is 4.13. The minimum absolute atomic E-state index is 0.145. The molecule has 0 unspecified atom stereocenters. The van der Waals surface area contributed by atoms with Gasteiger partial charge in [-0.25, -0.2) is 9.97 Å². The smallest absolute Gasteiger partial charge is 0.315 e. The number of ether oxygens (including phenoxy) is 3. The molecule has 0 spiro atoms. The third-order valence-electron chi connectivity index (χ3n) is 5.56. The van der Waals surface area contributed by atoms with Crippen LogP contribution < -0.4 is 9.47 Å². The quantitative estimate of drug-likeness (QED) is 0.803. The zero-order valence-corrected chi connectivity index (χ0v) is 15.9. The van der Waals surface area contributed by atoms with Crippen LogP contribution in [0, 0.1) is 5.41 Å². The van der Waals surface area contributed by atoms with Crippen LogP contribution in [0.15, 0.2) is 30.6 Å². The zero-order chi connectivity index (χ0) is 19.7. The summed E-state index contributed by atoms with van der Waals surface area (Å²) in [6.07, 6.45) is 3.54. The molecule has 2 aromatic rings. The molecule has 4 rings (SSSR count). The zero-order valence-electron chi connectivity index (χ0n) is 15.9. The Kier molecular flexibility index (Phi) is 4.91. The SMILES string of the molecule is COCc1ncc(CN2C[C@@H]3c4ccc(OC)cc4OC[C@]3(C(=O)O)C2)cn1. The largest absolute Gasteiger partial charge is 0.497 e. The summed E-state index contributed by atoms with van der Waals surface area (Å²) in [6, 6.07) is 5.60. The Bertz CT molecular complexity index is 873. The molecule has 148 valence electrons. The normalized spacial score (nSPS) is 23.6. The van der Waals surface area contributed by atoms with Gasteiger partial charge in [0, 0.05) is 62.2 Å². The minimum atomic E-state index is -0.960. The van der Waals surface area contributed by atoms with Gasteiger partial charge in [0.1, 0.15) is 30.1 Å². The lowest BCUT2D eigenvalue weighted by molar-refractivity contribution is -0.151. The molecule has 1 aromatic carbocycles. The second kappa shape index (κ2) is 7.37. The van der Waals surface area contributed by atoms with Gasteiger partial charge in [-0.2, -0.15) is 0 Å². The average Bonchev–Trinajstić information content (AvgIpc) is 3.09. The fraction of sp³-hybridized carbons (Fsp3) is 0.450. The van der Waals surface area contributed by atoms with E-state index in [1.165, 1.54) is 0 Å². The number of carboxylic acids is 1. The maximum atomic E-state index is 12.2. The van der Waals surface area contributed by atoms with Gasteiger partial charge in [-0.05, 0) is 6.07 Å². The van der Waals surface area contributed by atoms with Gasteiger partial charge >= 0.3 is 5.97 Å². The van der Waals surface area contributed by atoms with Crippen molar-refractivity contribution in [1.29, 1.82) is 0 Å². The molecule has 1 aromatic heterocycles. The summed E-state index contributed by atoms with van der Waals surface area (Å²) < 4.78 is 16.2. The Hall–Kier alpha value is -2.71. The molecule has 2 aliphatic heterocycles. The first kappa shape index (κ1) is 18.6. The maximum Gasteiger partial charge on any atom is 0.315 e. The summed E-state index contributed by atoms with van der Waals surface area (Å²) in [5, 5.41) is 10.0. The van der Waals surface area contributed by atoms with Gasteiger partial charge in [0.05, 0.1) is 7.11 Å². The highest BCUT2D eigenvalue weighted by Crippen LogP contribution is 2.50. The number of nitrogens with zero attached hydrogens (tertiary/aromatic N) is 3. The molecule has 3 heterocycles. The van der Waals surface area contributed by atoms with Crippen molar-refractivity contribution in [1.82, 2.24) is 14.9 Å². The first-order valence-corrected chi connectivity index (χ1v) is 9.11. The third-order valence-corrected chi connectivity index (χ3v) is 5.56. The van der Waals surface area contributed by atoms with Crippen molar-refractivity contribution in [2.24, 2.45) is 5.41 Å². The van der Waals surface area contributed by atoms with E-state index in [9.17, 15) is 9.90 Å². The van der Waals surface area contributed by atoms with Crippen LogP contribution in [0.1, 0.15) is 22.9 Å². The highest BCUT2D eigenvalue weighted by atomic mass is 16.5. The van der Waals surface area contributed by atoms with Gasteiger partial charge in [-0.15, -0.1) is 0 Å². The molecule has 0 radical (unpaired) electrons. The van der Waals surface area contributed by atoms with Crippen LogP contribution in [-0.4, -0.2) is 59.9 Å². The number of fused-ring (bicyclic) bond motifs is 3. The topological polar surface area (TPSA) is 94.0 Å². The first-order valence-electron chi connectivity index (χ1n) is 9.11. The van der Waals surface area contributed by atoms with Crippen molar-refractivity contribution in [2.75, 3.05) is 33.9 Å². The molecule has 2 atom stereocenters. The molecular formula is C20H23N3O5. The molecule has 2 aliphatic rings. The van der Waals surface area contributed by atoms with E-state index in [1.807, 2.05) is 18.2 Å². The lowest BCUT2D eigenvalue weighted by Crippen LogP contribution is -2.45. The first-order chi connectivity index (χ1) is 13.6. The highest BCUT2D eigenvalue weighted by molar-refractivity contribution is 5.78. The van der Waals surface area contributed by atoms with Crippen LogP contribution in [-0.2, 0) is 22.7 Å². The van der Waals surface area contributed by atoms with Crippen molar-refractivity contribution < 1.29 is 24.1 Å². The predicted octanol–water partition coefficient (Wildman–Crippen LogP) is 1.69. The van der Waals surface area contributed by atoms with Crippen LogP contribution >= 0.6 is 0 Å². The number of carbonyl (C=O) groups is 1. The van der Waals surface area contributed by atoms with E-state index in [4.69, 9.17) is 14.2 Å². The van der Waals surface area contributed by atoms with Crippen molar-refractivity contribution in [3.63, 3.8) is 0 Å². The molecule has 1 N–H and O–H groups in total. The van der Waals surface area contributed by atoms with Gasteiger partial charge in [0.15, 0.2) is 5.82 Å². The van der Waals surface area contributed by atoms with E-state index in [0.29, 0.717) is 43.6 Å². The summed E-state index contributed by atoms with van der Waals surface area (Å²) in [4.78, 5) is 23.0. The molecule has 0 amide bonds. The van der Waals surface area contributed by atoms with E-state index in [1.54, 1.807) is 26.6 Å². The van der Waals surface area contributed by atoms with E-state index < -0.39 is 11.4 Å². The Balaban J connectivity index is 1.58. The minimum Gasteiger partial charge on any atom is -0.497 e. The summed E-state index contributed by atoms with van der Waals surface area (Å²) in [7, 11) is 3.20. The van der Waals surface area contributed by atoms with Crippen LogP contribution in [0.2, 0.25) is 0 Å². The summed E-state index contributed by atoms with van der Waals surface area (Å²) >= 11 is 0. The van der Waals surface area contributed by atoms with Crippen molar-refractivity contribution in [3.05, 3.63) is 47.5 Å². The molecule has 0 saturated carbocycles. The third kappa shape index (κ3) is 3.18. The Morgan fingerprint density at radius 3 is 2.82 bits per heavy atom. The number of hydrogen-bond donors (Lipinski definition) is 1. The van der Waals surface area contributed by atoms with Crippen molar-refractivity contribution >= 4 is 5.97 Å². The number of aromatic nitrogens is 2. The summed E-state index contributed by atoms with van der Waals surface area (Å²) in [6.45, 7) is 2.15. The van der Waals surface area contributed by atoms with Crippen LogP contribution in [0.3, 0.4) is 0 Å². The monoisotopic (exact) mass is 385 g/mol. The molecular weight excluding hydrogens is 362 g/mol. The Morgan fingerprint density at radius 1 is 1.36 bits per heavy atom. The summed E-state index contributed by atoms with van der Waals surface area (Å²) in [5.41, 5.74) is 0.900. The maximum absolute atomic E-state index is 12.2. The van der Waals surface area contributed by atoms with E-state index >= 15 is 0 Å². The number of carboxylic acid groups (broad SMARTS) is 1. The molecule has 1 fully saturated rings. The number of likely N-dealkylation sites (tertiary alicyclic amines) is 1. The van der Waals surface area contributed by atoms with Gasteiger partial charge in [0.2, 0.25) is 0 Å². The molecule has 0 bridgehead atoms. The second-order valence-corrected chi connectivity index (χ2v) is 7.32. The molecule has 0 aliphatic carbocycles. The summed E-state index contributed by atoms with van der Waals surface area (Å²) in [5.74, 6) is 1.06. The van der Waals surface area contributed by atoms with Gasteiger partial charge in [0.25, 0.3) is 0 Å². The van der Waals surface area contributed by atoms with E-state index in [2.05, 4.69) is 14.9 Å². The second-order valence-electron chi connectivity index (χ2n) is 7.32.